The van der Waals surface area contributed by atoms with Crippen molar-refractivity contribution >= 4 is 45.5 Å². The van der Waals surface area contributed by atoms with E-state index in [1.165, 1.54) is 22.7 Å². The van der Waals surface area contributed by atoms with Crippen LogP contribution < -0.4 is 5.32 Å². The maximum Gasteiger partial charge on any atom is 0.341 e. The Hall–Kier alpha value is -2.19. The maximum absolute atomic E-state index is 12.7. The molecule has 1 atom stereocenters. The lowest BCUT2D eigenvalue weighted by Gasteiger charge is -2.22. The average molecular weight is 422 g/mol. The number of carbonyl (C=O) groups is 3. The van der Waals surface area contributed by atoms with Gasteiger partial charge in [0, 0.05) is 9.75 Å². The molecule has 0 saturated carbocycles. The summed E-state index contributed by atoms with van der Waals surface area (Å²) in [6.07, 6.45) is 2.46. The van der Waals surface area contributed by atoms with E-state index in [9.17, 15) is 14.4 Å². The van der Waals surface area contributed by atoms with Crippen LogP contribution in [0.15, 0.2) is 17.5 Å². The second-order valence-electron chi connectivity index (χ2n) is 6.36. The van der Waals surface area contributed by atoms with Gasteiger partial charge < -0.3 is 14.8 Å². The van der Waals surface area contributed by atoms with Crippen LogP contribution in [0.1, 0.15) is 58.3 Å². The van der Waals surface area contributed by atoms with E-state index in [4.69, 9.17) is 9.47 Å². The molecule has 28 heavy (non-hydrogen) atoms. The highest BCUT2D eigenvalue weighted by molar-refractivity contribution is 7.17. The van der Waals surface area contributed by atoms with Crippen molar-refractivity contribution in [3.05, 3.63) is 38.4 Å². The molecule has 0 spiro atoms. The Balaban J connectivity index is 1.94. The Morgan fingerprint density at radius 1 is 1.21 bits per heavy atom. The fourth-order valence-corrected chi connectivity index (χ4v) is 5.38. The lowest BCUT2D eigenvalue weighted by Crippen LogP contribution is -2.23. The number of nitrogens with one attached hydrogen (secondary N) is 1. The minimum Gasteiger partial charge on any atom is -0.466 e. The molecule has 1 aliphatic carbocycles. The van der Waals surface area contributed by atoms with E-state index >= 15 is 0 Å². The summed E-state index contributed by atoms with van der Waals surface area (Å²) in [6, 6.07) is 3.79. The van der Waals surface area contributed by atoms with Crippen molar-refractivity contribution < 1.29 is 23.9 Å². The van der Waals surface area contributed by atoms with Crippen LogP contribution >= 0.6 is 22.7 Å². The smallest absolute Gasteiger partial charge is 0.341 e. The van der Waals surface area contributed by atoms with E-state index in [0.29, 0.717) is 22.5 Å². The molecule has 1 amide bonds. The molecule has 3 rings (SSSR count). The van der Waals surface area contributed by atoms with Crippen molar-refractivity contribution in [3.8, 4) is 0 Å². The molecular weight excluding hydrogens is 398 g/mol. The van der Waals surface area contributed by atoms with Gasteiger partial charge in [0.25, 0.3) is 0 Å². The highest BCUT2D eigenvalue weighted by atomic mass is 32.1. The van der Waals surface area contributed by atoms with Gasteiger partial charge in [0.05, 0.1) is 31.1 Å². The van der Waals surface area contributed by atoms with Crippen LogP contribution in [0.3, 0.4) is 0 Å². The van der Waals surface area contributed by atoms with Gasteiger partial charge in [-0.05, 0) is 50.1 Å². The molecule has 1 unspecified atom stereocenters. The molecule has 1 aliphatic rings. The summed E-state index contributed by atoms with van der Waals surface area (Å²) in [5, 5.41) is 5.25. The standard InChI is InChI=1S/C20H23NO5S2/c1-3-25-19(23)13-8-5-9-14-16(13)17(20(24)26-4-2)18(28-14)21-15(22)11-12-7-6-10-27-12/h6-7,10,13H,3-5,8-9,11H2,1-2H3,(H,21,22). The number of fused-ring (bicyclic) bond motifs is 1. The molecule has 0 radical (unpaired) electrons. The van der Waals surface area contributed by atoms with E-state index in [1.807, 2.05) is 17.5 Å². The van der Waals surface area contributed by atoms with Gasteiger partial charge in [-0.15, -0.1) is 22.7 Å². The summed E-state index contributed by atoms with van der Waals surface area (Å²) in [5.41, 5.74) is 0.971. The van der Waals surface area contributed by atoms with E-state index in [-0.39, 0.29) is 31.5 Å². The topological polar surface area (TPSA) is 81.7 Å². The predicted octanol–water partition coefficient (Wildman–Crippen LogP) is 4.15. The summed E-state index contributed by atoms with van der Waals surface area (Å²) in [5.74, 6) is -1.53. The molecule has 2 heterocycles. The predicted molar refractivity (Wildman–Crippen MR) is 109 cm³/mol. The summed E-state index contributed by atoms with van der Waals surface area (Å²) < 4.78 is 10.5. The van der Waals surface area contributed by atoms with Crippen LogP contribution in [0.25, 0.3) is 0 Å². The molecule has 6 nitrogen and oxygen atoms in total. The fraction of sp³-hybridized carbons (Fsp3) is 0.450. The van der Waals surface area contributed by atoms with Crippen molar-refractivity contribution in [1.82, 2.24) is 0 Å². The van der Waals surface area contributed by atoms with E-state index < -0.39 is 11.9 Å². The van der Waals surface area contributed by atoms with Gasteiger partial charge in [-0.2, -0.15) is 0 Å². The SMILES string of the molecule is CCOC(=O)c1c(NC(=O)Cc2cccs2)sc2c1C(C(=O)OCC)CCC2. The Bertz CT molecular complexity index is 856. The normalized spacial score (nSPS) is 15.6. The van der Waals surface area contributed by atoms with Crippen molar-refractivity contribution in [3.63, 3.8) is 0 Å². The van der Waals surface area contributed by atoms with Gasteiger partial charge in [-0.1, -0.05) is 6.07 Å². The van der Waals surface area contributed by atoms with Gasteiger partial charge in [0.2, 0.25) is 5.91 Å². The van der Waals surface area contributed by atoms with Crippen LogP contribution in [0.2, 0.25) is 0 Å². The van der Waals surface area contributed by atoms with Crippen molar-refractivity contribution in [2.24, 2.45) is 0 Å². The molecule has 0 bridgehead atoms. The van der Waals surface area contributed by atoms with Gasteiger partial charge in [-0.25, -0.2) is 4.79 Å². The van der Waals surface area contributed by atoms with Crippen LogP contribution in [-0.4, -0.2) is 31.1 Å². The molecular formula is C20H23NO5S2. The van der Waals surface area contributed by atoms with Gasteiger partial charge in [0.1, 0.15) is 5.00 Å². The minimum absolute atomic E-state index is 0.195. The Morgan fingerprint density at radius 2 is 2.00 bits per heavy atom. The Labute approximate surface area is 171 Å². The molecule has 0 aromatic carbocycles. The second kappa shape index (κ2) is 9.34. The number of hydrogen-bond donors (Lipinski definition) is 1. The van der Waals surface area contributed by atoms with Crippen LogP contribution in [-0.2, 0) is 31.9 Å². The molecule has 2 aromatic heterocycles. The summed E-state index contributed by atoms with van der Waals surface area (Å²) in [4.78, 5) is 39.6. The zero-order valence-corrected chi connectivity index (χ0v) is 17.5. The second-order valence-corrected chi connectivity index (χ2v) is 8.50. The van der Waals surface area contributed by atoms with Crippen molar-refractivity contribution in [2.45, 2.75) is 45.4 Å². The number of hydrogen-bond acceptors (Lipinski definition) is 7. The van der Waals surface area contributed by atoms with Gasteiger partial charge in [0.15, 0.2) is 0 Å². The molecule has 150 valence electrons. The number of amides is 1. The lowest BCUT2D eigenvalue weighted by atomic mass is 9.85. The zero-order chi connectivity index (χ0) is 20.1. The molecule has 8 heteroatoms. The number of ether oxygens (including phenoxy) is 2. The summed E-state index contributed by atoms with van der Waals surface area (Å²) in [6.45, 7) is 4.00. The highest BCUT2D eigenvalue weighted by Crippen LogP contribution is 2.44. The monoisotopic (exact) mass is 421 g/mol. The van der Waals surface area contributed by atoms with E-state index in [1.54, 1.807) is 13.8 Å². The van der Waals surface area contributed by atoms with Crippen molar-refractivity contribution in [1.29, 1.82) is 0 Å². The first kappa shape index (κ1) is 20.5. The first-order valence-corrected chi connectivity index (χ1v) is 11.1. The third-order valence-electron chi connectivity index (χ3n) is 4.49. The largest absolute Gasteiger partial charge is 0.466 e. The molecule has 0 aliphatic heterocycles. The van der Waals surface area contributed by atoms with Gasteiger partial charge >= 0.3 is 11.9 Å². The van der Waals surface area contributed by atoms with Crippen LogP contribution in [0.5, 0.6) is 0 Å². The molecule has 0 saturated heterocycles. The first-order chi connectivity index (χ1) is 13.5. The Kier molecular flexibility index (Phi) is 6.85. The maximum atomic E-state index is 12.7. The number of thiophene rings is 2. The van der Waals surface area contributed by atoms with Crippen LogP contribution in [0, 0.1) is 0 Å². The molecule has 1 N–H and O–H groups in total. The number of carbonyl (C=O) groups excluding carboxylic acids is 3. The number of esters is 2. The third-order valence-corrected chi connectivity index (χ3v) is 6.54. The minimum atomic E-state index is -0.511. The van der Waals surface area contributed by atoms with Crippen LogP contribution in [0.4, 0.5) is 5.00 Å². The lowest BCUT2D eigenvalue weighted by molar-refractivity contribution is -0.145. The average Bonchev–Trinajstić information content (AvgIpc) is 3.28. The highest BCUT2D eigenvalue weighted by Gasteiger charge is 2.36. The summed E-state index contributed by atoms with van der Waals surface area (Å²) in [7, 11) is 0. The fourth-order valence-electron chi connectivity index (χ4n) is 3.37. The molecule has 0 fully saturated rings. The van der Waals surface area contributed by atoms with Crippen molar-refractivity contribution in [2.75, 3.05) is 18.5 Å². The summed E-state index contributed by atoms with van der Waals surface area (Å²) >= 11 is 2.87. The van der Waals surface area contributed by atoms with E-state index in [0.717, 1.165) is 22.6 Å². The number of aryl methyl sites for hydroxylation is 1. The number of anilines is 1. The zero-order valence-electron chi connectivity index (χ0n) is 15.9. The quantitative estimate of drug-likeness (QED) is 0.679. The Morgan fingerprint density at radius 3 is 2.68 bits per heavy atom. The first-order valence-electron chi connectivity index (χ1n) is 9.36. The molecule has 2 aromatic rings. The third kappa shape index (κ3) is 4.44. The van der Waals surface area contributed by atoms with E-state index in [2.05, 4.69) is 5.32 Å². The van der Waals surface area contributed by atoms with Gasteiger partial charge in [-0.3, -0.25) is 9.59 Å². The number of rotatable bonds is 7.